The zero-order chi connectivity index (χ0) is 18.8. The molecule has 0 radical (unpaired) electrons. The fourth-order valence-electron chi connectivity index (χ4n) is 3.45. The first-order valence-corrected chi connectivity index (χ1v) is 8.92. The summed E-state index contributed by atoms with van der Waals surface area (Å²) >= 11 is 0. The van der Waals surface area contributed by atoms with E-state index in [1.807, 2.05) is 10.7 Å². The maximum absolute atomic E-state index is 14.3. The van der Waals surface area contributed by atoms with Gasteiger partial charge in [0.15, 0.2) is 11.6 Å². The molecule has 0 bridgehead atoms. The van der Waals surface area contributed by atoms with Gasteiger partial charge in [-0.15, -0.1) is 0 Å². The highest BCUT2D eigenvalue weighted by Gasteiger charge is 2.35. The molecular weight excluding hydrogens is 335 g/mol. The van der Waals surface area contributed by atoms with Crippen LogP contribution in [0.2, 0.25) is 0 Å². The number of halogens is 1. The van der Waals surface area contributed by atoms with E-state index >= 15 is 0 Å². The van der Waals surface area contributed by atoms with Crippen molar-refractivity contribution in [3.05, 3.63) is 41.7 Å². The van der Waals surface area contributed by atoms with E-state index in [2.05, 4.69) is 36.2 Å². The van der Waals surface area contributed by atoms with Gasteiger partial charge in [-0.05, 0) is 51.3 Å². The standard InChI is InChI=1S/C19H27FN4O2/c1-18(2,3)24-17(21-13-23-24)12-22-19(7-9-26-10-8-19)14-5-6-16(25-4)15(20)11-14/h5-6,11,13,22H,7-10,12H2,1-4H3. The number of nitrogens with zero attached hydrogens (tertiary/aromatic N) is 3. The van der Waals surface area contributed by atoms with Crippen LogP contribution in [0.4, 0.5) is 4.39 Å². The Morgan fingerprint density at radius 1 is 1.31 bits per heavy atom. The Balaban J connectivity index is 1.87. The van der Waals surface area contributed by atoms with E-state index in [0.29, 0.717) is 19.8 Å². The van der Waals surface area contributed by atoms with Crippen LogP contribution >= 0.6 is 0 Å². The van der Waals surface area contributed by atoms with Gasteiger partial charge in [-0.1, -0.05) is 6.07 Å². The van der Waals surface area contributed by atoms with Gasteiger partial charge in [0.1, 0.15) is 12.2 Å². The van der Waals surface area contributed by atoms with Crippen molar-refractivity contribution in [2.24, 2.45) is 0 Å². The summed E-state index contributed by atoms with van der Waals surface area (Å²) in [6.45, 7) is 8.08. The summed E-state index contributed by atoms with van der Waals surface area (Å²) in [5, 5.41) is 7.97. The van der Waals surface area contributed by atoms with E-state index in [-0.39, 0.29) is 22.6 Å². The van der Waals surface area contributed by atoms with Gasteiger partial charge in [0.25, 0.3) is 0 Å². The van der Waals surface area contributed by atoms with Gasteiger partial charge in [0.2, 0.25) is 0 Å². The Morgan fingerprint density at radius 3 is 2.65 bits per heavy atom. The van der Waals surface area contributed by atoms with Crippen LogP contribution in [0.3, 0.4) is 0 Å². The molecule has 0 atom stereocenters. The summed E-state index contributed by atoms with van der Waals surface area (Å²) in [6, 6.07) is 5.17. The van der Waals surface area contributed by atoms with Crippen molar-refractivity contribution in [2.75, 3.05) is 20.3 Å². The first-order chi connectivity index (χ1) is 12.4. The minimum Gasteiger partial charge on any atom is -0.494 e. The largest absolute Gasteiger partial charge is 0.494 e. The van der Waals surface area contributed by atoms with Crippen LogP contribution in [0.25, 0.3) is 0 Å². The smallest absolute Gasteiger partial charge is 0.165 e. The topological polar surface area (TPSA) is 61.2 Å². The average Bonchev–Trinajstić information content (AvgIpc) is 3.10. The first kappa shape index (κ1) is 18.8. The predicted octanol–water partition coefficient (Wildman–Crippen LogP) is 2.98. The molecule has 0 spiro atoms. The quantitative estimate of drug-likeness (QED) is 0.886. The number of hydrogen-bond donors (Lipinski definition) is 1. The molecule has 142 valence electrons. The highest BCUT2D eigenvalue weighted by Crippen LogP contribution is 2.34. The molecule has 7 heteroatoms. The van der Waals surface area contributed by atoms with E-state index in [1.165, 1.54) is 7.11 Å². The molecule has 3 rings (SSSR count). The molecule has 0 unspecified atom stereocenters. The molecule has 1 N–H and O–H groups in total. The summed E-state index contributed by atoms with van der Waals surface area (Å²) in [5.74, 6) is 0.760. The number of rotatable bonds is 5. The van der Waals surface area contributed by atoms with Crippen molar-refractivity contribution >= 4 is 0 Å². The van der Waals surface area contributed by atoms with Crippen molar-refractivity contribution in [3.8, 4) is 5.75 Å². The molecule has 6 nitrogen and oxygen atoms in total. The van der Waals surface area contributed by atoms with E-state index in [4.69, 9.17) is 9.47 Å². The van der Waals surface area contributed by atoms with Crippen LogP contribution in [0.1, 0.15) is 45.0 Å². The van der Waals surface area contributed by atoms with Gasteiger partial charge < -0.3 is 14.8 Å². The maximum atomic E-state index is 14.3. The number of hydrogen-bond acceptors (Lipinski definition) is 5. The number of ether oxygens (including phenoxy) is 2. The van der Waals surface area contributed by atoms with Gasteiger partial charge in [0.05, 0.1) is 19.2 Å². The Morgan fingerprint density at radius 2 is 2.04 bits per heavy atom. The summed E-state index contributed by atoms with van der Waals surface area (Å²) in [4.78, 5) is 4.40. The zero-order valence-electron chi connectivity index (χ0n) is 15.9. The number of methoxy groups -OCH3 is 1. The fraction of sp³-hybridized carbons (Fsp3) is 0.579. The zero-order valence-corrected chi connectivity index (χ0v) is 15.9. The maximum Gasteiger partial charge on any atom is 0.165 e. The molecule has 0 saturated carbocycles. The van der Waals surface area contributed by atoms with Gasteiger partial charge in [-0.25, -0.2) is 14.1 Å². The first-order valence-electron chi connectivity index (χ1n) is 8.92. The lowest BCUT2D eigenvalue weighted by Crippen LogP contribution is -2.47. The number of benzene rings is 1. The van der Waals surface area contributed by atoms with Crippen LogP contribution < -0.4 is 10.1 Å². The van der Waals surface area contributed by atoms with E-state index in [9.17, 15) is 4.39 Å². The Bertz CT molecular complexity index is 748. The molecule has 0 aliphatic carbocycles. The summed E-state index contributed by atoms with van der Waals surface area (Å²) < 4.78 is 26.8. The third-order valence-corrected chi connectivity index (χ3v) is 4.89. The minimum absolute atomic E-state index is 0.150. The molecule has 1 fully saturated rings. The van der Waals surface area contributed by atoms with Crippen LogP contribution in [-0.4, -0.2) is 35.1 Å². The van der Waals surface area contributed by atoms with Crippen LogP contribution in [0.15, 0.2) is 24.5 Å². The van der Waals surface area contributed by atoms with Crippen molar-refractivity contribution in [1.29, 1.82) is 0 Å². The van der Waals surface area contributed by atoms with E-state index in [1.54, 1.807) is 18.5 Å². The minimum atomic E-state index is -0.361. The van der Waals surface area contributed by atoms with Gasteiger partial charge in [-0.2, -0.15) is 5.10 Å². The Labute approximate surface area is 153 Å². The van der Waals surface area contributed by atoms with Crippen molar-refractivity contribution in [2.45, 2.75) is 51.2 Å². The second-order valence-electron chi connectivity index (χ2n) is 7.66. The van der Waals surface area contributed by atoms with Crippen LogP contribution in [-0.2, 0) is 22.4 Å². The number of nitrogens with one attached hydrogen (secondary N) is 1. The highest BCUT2D eigenvalue weighted by atomic mass is 19.1. The lowest BCUT2D eigenvalue weighted by Gasteiger charge is -2.39. The molecule has 1 aromatic carbocycles. The molecule has 1 aliphatic heterocycles. The molecule has 2 aromatic rings. The molecule has 1 aromatic heterocycles. The summed E-state index contributed by atoms with van der Waals surface area (Å²) in [6.07, 6.45) is 3.11. The third kappa shape index (κ3) is 3.73. The van der Waals surface area contributed by atoms with E-state index < -0.39 is 0 Å². The second-order valence-corrected chi connectivity index (χ2v) is 7.66. The Kier molecular flexibility index (Phi) is 5.29. The van der Waals surface area contributed by atoms with Gasteiger partial charge >= 0.3 is 0 Å². The van der Waals surface area contributed by atoms with Gasteiger partial charge in [0, 0.05) is 18.8 Å². The van der Waals surface area contributed by atoms with Gasteiger partial charge in [-0.3, -0.25) is 0 Å². The average molecular weight is 362 g/mol. The predicted molar refractivity (Wildman–Crippen MR) is 96.5 cm³/mol. The molecule has 26 heavy (non-hydrogen) atoms. The second kappa shape index (κ2) is 7.32. The van der Waals surface area contributed by atoms with E-state index in [0.717, 1.165) is 24.2 Å². The summed E-state index contributed by atoms with van der Waals surface area (Å²) in [5.41, 5.74) is 0.392. The normalized spacial score (nSPS) is 17.3. The van der Waals surface area contributed by atoms with Crippen LogP contribution in [0, 0.1) is 5.82 Å². The third-order valence-electron chi connectivity index (χ3n) is 4.89. The number of aromatic nitrogens is 3. The molecule has 0 amide bonds. The lowest BCUT2D eigenvalue weighted by atomic mass is 9.82. The molecule has 1 saturated heterocycles. The van der Waals surface area contributed by atoms with Crippen LogP contribution in [0.5, 0.6) is 5.75 Å². The SMILES string of the molecule is COc1ccc(C2(NCc3ncnn3C(C)(C)C)CCOCC2)cc1F. The molecular formula is C19H27FN4O2. The van der Waals surface area contributed by atoms with Crippen molar-refractivity contribution in [3.63, 3.8) is 0 Å². The van der Waals surface area contributed by atoms with Crippen molar-refractivity contribution < 1.29 is 13.9 Å². The summed E-state index contributed by atoms with van der Waals surface area (Å²) in [7, 11) is 1.47. The molecule has 2 heterocycles. The Hall–Kier alpha value is -1.99. The highest BCUT2D eigenvalue weighted by molar-refractivity contribution is 5.34. The fourth-order valence-corrected chi connectivity index (χ4v) is 3.45. The lowest BCUT2D eigenvalue weighted by molar-refractivity contribution is 0.0350. The van der Waals surface area contributed by atoms with Crippen molar-refractivity contribution in [1.82, 2.24) is 20.1 Å². The monoisotopic (exact) mass is 362 g/mol. The molecule has 1 aliphatic rings.